The number of piperidine rings is 1. The second-order valence-corrected chi connectivity index (χ2v) is 9.89. The lowest BCUT2D eigenvalue weighted by Crippen LogP contribution is -2.50. The average molecular weight is 401 g/mol. The Hall–Kier alpha value is -1.36. The molecule has 1 saturated carbocycles. The van der Waals surface area contributed by atoms with Gasteiger partial charge in [0.1, 0.15) is 5.82 Å². The van der Waals surface area contributed by atoms with E-state index in [9.17, 15) is 4.79 Å². The van der Waals surface area contributed by atoms with E-state index in [1.54, 1.807) is 0 Å². The Morgan fingerprint density at radius 2 is 2.03 bits per heavy atom. The van der Waals surface area contributed by atoms with Gasteiger partial charge in [-0.2, -0.15) is 0 Å². The van der Waals surface area contributed by atoms with Crippen molar-refractivity contribution in [3.05, 3.63) is 17.7 Å². The molecule has 0 aromatic carbocycles. The molecular weight excluding hydrogens is 360 g/mol. The van der Waals surface area contributed by atoms with E-state index in [1.807, 2.05) is 6.20 Å². The summed E-state index contributed by atoms with van der Waals surface area (Å²) in [6.45, 7) is 7.05. The van der Waals surface area contributed by atoms with Crippen LogP contribution in [-0.2, 0) is 17.8 Å². The molecule has 0 bridgehead atoms. The molecule has 162 valence electrons. The zero-order valence-electron chi connectivity index (χ0n) is 18.4. The van der Waals surface area contributed by atoms with Gasteiger partial charge in [-0.25, -0.2) is 4.98 Å². The lowest BCUT2D eigenvalue weighted by atomic mass is 9.78. The molecule has 3 heterocycles. The SMILES string of the molecule is CCCCc1ncc(CN2CCC3(CCCN(CCC4CCCCC4)C3=O)C2)[nH]1. The molecule has 3 aliphatic rings. The number of likely N-dealkylation sites (tertiary alicyclic amines) is 2. The molecule has 1 amide bonds. The molecule has 1 unspecified atom stereocenters. The standard InChI is InChI=1S/C24H40N4O/c1-2-3-10-22-25-17-21(26-22)18-27-16-13-24(19-27)12-7-14-28(23(24)29)15-11-20-8-5-4-6-9-20/h17,20H,2-16,18-19H2,1H3,(H,25,26). The molecule has 5 nitrogen and oxygen atoms in total. The minimum absolute atomic E-state index is 0.115. The van der Waals surface area contributed by atoms with Gasteiger partial charge in [-0.3, -0.25) is 9.69 Å². The van der Waals surface area contributed by atoms with E-state index < -0.39 is 0 Å². The maximum atomic E-state index is 13.4. The zero-order valence-corrected chi connectivity index (χ0v) is 18.4. The molecule has 2 aliphatic heterocycles. The van der Waals surface area contributed by atoms with E-state index in [0.29, 0.717) is 5.91 Å². The maximum absolute atomic E-state index is 13.4. The monoisotopic (exact) mass is 400 g/mol. The summed E-state index contributed by atoms with van der Waals surface area (Å²) in [6, 6.07) is 0. The van der Waals surface area contributed by atoms with Crippen LogP contribution in [0.15, 0.2) is 6.20 Å². The van der Waals surface area contributed by atoms with Crippen molar-refractivity contribution in [2.45, 2.75) is 90.5 Å². The van der Waals surface area contributed by atoms with Gasteiger partial charge in [0.05, 0.1) is 5.41 Å². The molecule has 29 heavy (non-hydrogen) atoms. The molecule has 1 N–H and O–H groups in total. The molecular formula is C24H40N4O. The molecule has 1 spiro atoms. The van der Waals surface area contributed by atoms with Gasteiger partial charge in [-0.1, -0.05) is 45.4 Å². The number of imidazole rings is 1. The number of rotatable bonds is 8. The van der Waals surface area contributed by atoms with Gasteiger partial charge in [-0.05, 0) is 44.6 Å². The number of unbranched alkanes of at least 4 members (excludes halogenated alkanes) is 1. The summed E-state index contributed by atoms with van der Waals surface area (Å²) in [5, 5.41) is 0. The third-order valence-corrected chi connectivity index (χ3v) is 7.63. The molecule has 5 heteroatoms. The Balaban J connectivity index is 1.29. The second kappa shape index (κ2) is 9.63. The number of hydrogen-bond donors (Lipinski definition) is 1. The van der Waals surface area contributed by atoms with E-state index in [1.165, 1.54) is 63.5 Å². The van der Waals surface area contributed by atoms with Crippen LogP contribution in [0.5, 0.6) is 0 Å². The first kappa shape index (κ1) is 20.9. The fourth-order valence-corrected chi connectivity index (χ4v) is 5.85. The highest BCUT2D eigenvalue weighted by Gasteiger charge is 2.48. The van der Waals surface area contributed by atoms with Gasteiger partial charge >= 0.3 is 0 Å². The summed E-state index contributed by atoms with van der Waals surface area (Å²) in [7, 11) is 0. The normalized spacial score (nSPS) is 26.7. The van der Waals surface area contributed by atoms with E-state index in [-0.39, 0.29) is 5.41 Å². The van der Waals surface area contributed by atoms with Gasteiger partial charge in [0.2, 0.25) is 5.91 Å². The van der Waals surface area contributed by atoms with Crippen molar-refractivity contribution in [3.63, 3.8) is 0 Å². The fraction of sp³-hybridized carbons (Fsp3) is 0.833. The first-order chi connectivity index (χ1) is 14.2. The van der Waals surface area contributed by atoms with E-state index in [2.05, 4.69) is 26.7 Å². The highest BCUT2D eigenvalue weighted by molar-refractivity contribution is 5.84. The van der Waals surface area contributed by atoms with Crippen LogP contribution in [0.1, 0.15) is 89.1 Å². The van der Waals surface area contributed by atoms with Crippen molar-refractivity contribution < 1.29 is 4.79 Å². The molecule has 1 atom stereocenters. The van der Waals surface area contributed by atoms with Gasteiger partial charge in [0.25, 0.3) is 0 Å². The van der Waals surface area contributed by atoms with Crippen molar-refractivity contribution in [2.75, 3.05) is 26.2 Å². The van der Waals surface area contributed by atoms with Crippen molar-refractivity contribution in [2.24, 2.45) is 11.3 Å². The van der Waals surface area contributed by atoms with E-state index in [4.69, 9.17) is 0 Å². The molecule has 1 aromatic rings. The highest BCUT2D eigenvalue weighted by atomic mass is 16.2. The van der Waals surface area contributed by atoms with Gasteiger partial charge in [0, 0.05) is 44.5 Å². The molecule has 2 saturated heterocycles. The first-order valence-corrected chi connectivity index (χ1v) is 12.2. The molecule has 4 rings (SSSR count). The predicted molar refractivity (Wildman–Crippen MR) is 117 cm³/mol. The highest BCUT2D eigenvalue weighted by Crippen LogP contribution is 2.41. The van der Waals surface area contributed by atoms with Crippen LogP contribution in [0.4, 0.5) is 0 Å². The van der Waals surface area contributed by atoms with Crippen molar-refractivity contribution in [3.8, 4) is 0 Å². The summed E-state index contributed by atoms with van der Waals surface area (Å²) >= 11 is 0. The summed E-state index contributed by atoms with van der Waals surface area (Å²) in [6.07, 6.45) is 16.9. The summed E-state index contributed by atoms with van der Waals surface area (Å²) in [4.78, 5) is 26.1. The third-order valence-electron chi connectivity index (χ3n) is 7.63. The van der Waals surface area contributed by atoms with Gasteiger partial charge in [0.15, 0.2) is 0 Å². The van der Waals surface area contributed by atoms with E-state index in [0.717, 1.165) is 63.7 Å². The minimum atomic E-state index is -0.115. The van der Waals surface area contributed by atoms with Crippen molar-refractivity contribution in [1.29, 1.82) is 0 Å². The van der Waals surface area contributed by atoms with E-state index >= 15 is 0 Å². The Morgan fingerprint density at radius 1 is 1.17 bits per heavy atom. The fourth-order valence-electron chi connectivity index (χ4n) is 5.85. The quantitative estimate of drug-likeness (QED) is 0.697. The topological polar surface area (TPSA) is 52.2 Å². The van der Waals surface area contributed by atoms with Crippen LogP contribution < -0.4 is 0 Å². The number of aromatic amines is 1. The largest absolute Gasteiger partial charge is 0.345 e. The first-order valence-electron chi connectivity index (χ1n) is 12.2. The number of nitrogens with zero attached hydrogens (tertiary/aromatic N) is 3. The zero-order chi connectivity index (χ0) is 20.1. The van der Waals surface area contributed by atoms with Gasteiger partial charge in [-0.15, -0.1) is 0 Å². The number of carbonyl (C=O) groups is 1. The van der Waals surface area contributed by atoms with Crippen LogP contribution in [0.2, 0.25) is 0 Å². The van der Waals surface area contributed by atoms with Crippen molar-refractivity contribution in [1.82, 2.24) is 19.8 Å². The van der Waals surface area contributed by atoms with Gasteiger partial charge < -0.3 is 9.88 Å². The summed E-state index contributed by atoms with van der Waals surface area (Å²) < 4.78 is 0. The Labute approximate surface area is 176 Å². The van der Waals surface area contributed by atoms with Crippen LogP contribution in [0.3, 0.4) is 0 Å². The average Bonchev–Trinajstić information content (AvgIpc) is 3.36. The van der Waals surface area contributed by atoms with Crippen LogP contribution in [0.25, 0.3) is 0 Å². The second-order valence-electron chi connectivity index (χ2n) is 9.89. The lowest BCUT2D eigenvalue weighted by Gasteiger charge is -2.40. The number of aromatic nitrogens is 2. The Morgan fingerprint density at radius 3 is 2.86 bits per heavy atom. The van der Waals surface area contributed by atoms with Crippen molar-refractivity contribution >= 4 is 5.91 Å². The van der Waals surface area contributed by atoms with Crippen LogP contribution in [-0.4, -0.2) is 51.9 Å². The van der Waals surface area contributed by atoms with Crippen LogP contribution >= 0.6 is 0 Å². The molecule has 3 fully saturated rings. The smallest absolute Gasteiger partial charge is 0.230 e. The molecule has 1 aromatic heterocycles. The number of amides is 1. The maximum Gasteiger partial charge on any atom is 0.230 e. The Bertz CT molecular complexity index is 666. The molecule has 1 aliphatic carbocycles. The predicted octanol–water partition coefficient (Wildman–Crippen LogP) is 4.54. The number of H-pyrrole nitrogens is 1. The minimum Gasteiger partial charge on any atom is -0.345 e. The Kier molecular flexibility index (Phi) is 6.94. The van der Waals surface area contributed by atoms with Crippen LogP contribution in [0, 0.1) is 11.3 Å². The number of aryl methyl sites for hydroxylation is 1. The lowest BCUT2D eigenvalue weighted by molar-refractivity contribution is -0.145. The number of nitrogens with one attached hydrogen (secondary N) is 1. The molecule has 0 radical (unpaired) electrons. The third kappa shape index (κ3) is 5.04. The summed E-state index contributed by atoms with van der Waals surface area (Å²) in [5.74, 6) is 2.42. The number of hydrogen-bond acceptors (Lipinski definition) is 3. The summed E-state index contributed by atoms with van der Waals surface area (Å²) in [5.41, 5.74) is 1.08. The number of carbonyl (C=O) groups excluding carboxylic acids is 1.